The molecule has 6 nitrogen and oxygen atoms in total. The lowest BCUT2D eigenvalue weighted by atomic mass is 10.1. The molecule has 0 unspecified atom stereocenters. The minimum absolute atomic E-state index is 0.000800. The van der Waals surface area contributed by atoms with Crippen molar-refractivity contribution in [2.45, 2.75) is 31.8 Å². The summed E-state index contributed by atoms with van der Waals surface area (Å²) in [6.45, 7) is 3.97. The summed E-state index contributed by atoms with van der Waals surface area (Å²) in [5, 5.41) is 11.8. The fourth-order valence-electron chi connectivity index (χ4n) is 2.87. The molecule has 30 heavy (non-hydrogen) atoms. The van der Waals surface area contributed by atoms with E-state index in [-0.39, 0.29) is 23.3 Å². The molecule has 0 fully saturated rings. The predicted octanol–water partition coefficient (Wildman–Crippen LogP) is 3.76. The molecule has 0 aliphatic heterocycles. The van der Waals surface area contributed by atoms with Gasteiger partial charge >= 0.3 is 0 Å². The number of aromatic nitrogens is 3. The average molecular weight is 427 g/mol. The molecule has 1 aromatic heterocycles. The number of nitrogens with one attached hydrogen (secondary N) is 1. The molecule has 0 bridgehead atoms. The Balaban J connectivity index is 1.77. The molecule has 0 aliphatic rings. The third-order valence-corrected chi connectivity index (χ3v) is 5.37. The van der Waals surface area contributed by atoms with Gasteiger partial charge in [0, 0.05) is 31.1 Å². The van der Waals surface area contributed by atoms with Gasteiger partial charge in [0.05, 0.1) is 5.75 Å². The highest BCUT2D eigenvalue weighted by atomic mass is 32.2. The molecule has 1 N–H and O–H groups in total. The van der Waals surface area contributed by atoms with Crippen LogP contribution in [0.4, 0.5) is 4.39 Å². The van der Waals surface area contributed by atoms with Crippen LogP contribution in [0.1, 0.15) is 35.1 Å². The van der Waals surface area contributed by atoms with Crippen LogP contribution >= 0.6 is 11.8 Å². The van der Waals surface area contributed by atoms with Gasteiger partial charge in [-0.1, -0.05) is 41.6 Å². The Morgan fingerprint density at radius 1 is 1.07 bits per heavy atom. The number of amides is 1. The maximum atomic E-state index is 13.4. The summed E-state index contributed by atoms with van der Waals surface area (Å²) in [6, 6.07) is 13.5. The number of halogens is 1. The maximum absolute atomic E-state index is 13.4. The Morgan fingerprint density at radius 2 is 1.77 bits per heavy atom. The Labute approximate surface area is 178 Å². The Bertz CT molecular complexity index is 1020. The fraction of sp³-hybridized carbons (Fsp3) is 0.273. The number of ketones is 1. The van der Waals surface area contributed by atoms with Crippen LogP contribution < -0.4 is 5.32 Å². The molecule has 0 saturated carbocycles. The Morgan fingerprint density at radius 3 is 2.43 bits per heavy atom. The number of hydrogen-bond donors (Lipinski definition) is 1. The van der Waals surface area contributed by atoms with Crippen molar-refractivity contribution in [3.05, 3.63) is 71.3 Å². The minimum atomic E-state index is -0.331. The lowest BCUT2D eigenvalue weighted by Gasteiger charge is -2.10. The number of Topliss-reactive ketones (excluding diaryl/α,β-unsaturated/α-hetero) is 1. The molecule has 0 atom stereocenters. The van der Waals surface area contributed by atoms with E-state index in [1.165, 1.54) is 30.8 Å². The smallest absolute Gasteiger partial charge is 0.216 e. The highest BCUT2D eigenvalue weighted by Gasteiger charge is 2.16. The second-order valence-electron chi connectivity index (χ2n) is 6.88. The summed E-state index contributed by atoms with van der Waals surface area (Å²) in [6.07, 6.45) is 1.27. The van der Waals surface area contributed by atoms with Crippen molar-refractivity contribution in [1.82, 2.24) is 20.1 Å². The second-order valence-corrected chi connectivity index (χ2v) is 7.82. The van der Waals surface area contributed by atoms with Crippen molar-refractivity contribution in [1.29, 1.82) is 0 Å². The number of rotatable bonds is 9. The van der Waals surface area contributed by atoms with Gasteiger partial charge in [-0.05, 0) is 37.6 Å². The number of nitrogens with zero attached hydrogens (tertiary/aromatic N) is 3. The summed E-state index contributed by atoms with van der Waals surface area (Å²) < 4.78 is 15.2. The van der Waals surface area contributed by atoms with Crippen LogP contribution in [0.3, 0.4) is 0 Å². The lowest BCUT2D eigenvalue weighted by molar-refractivity contribution is -0.118. The van der Waals surface area contributed by atoms with Crippen LogP contribution in [0.25, 0.3) is 5.69 Å². The van der Waals surface area contributed by atoms with Crippen LogP contribution in [-0.2, 0) is 11.2 Å². The number of carbonyl (C=O) groups excluding carboxylic acids is 2. The summed E-state index contributed by atoms with van der Waals surface area (Å²) in [5.74, 6) is 0.496. The maximum Gasteiger partial charge on any atom is 0.216 e. The lowest BCUT2D eigenvalue weighted by Crippen LogP contribution is -2.21. The summed E-state index contributed by atoms with van der Waals surface area (Å²) in [5.41, 5.74) is 2.47. The average Bonchev–Trinajstić information content (AvgIpc) is 3.13. The SMILES string of the molecule is CC(=O)NCCCc1nnc(SCC(=O)c2ccc(C)cc2)n1-c1ccc(F)cc1. The molecule has 8 heteroatoms. The Kier molecular flexibility index (Phi) is 7.35. The number of hydrogen-bond acceptors (Lipinski definition) is 5. The third-order valence-electron chi connectivity index (χ3n) is 4.44. The summed E-state index contributed by atoms with van der Waals surface area (Å²) in [7, 11) is 0. The first-order chi connectivity index (χ1) is 14.4. The van der Waals surface area contributed by atoms with E-state index in [1.54, 1.807) is 12.1 Å². The zero-order chi connectivity index (χ0) is 21.5. The first-order valence-electron chi connectivity index (χ1n) is 9.61. The molecule has 1 amide bonds. The highest BCUT2D eigenvalue weighted by molar-refractivity contribution is 7.99. The van der Waals surface area contributed by atoms with E-state index < -0.39 is 0 Å². The first kappa shape index (κ1) is 21.7. The van der Waals surface area contributed by atoms with Crippen molar-refractivity contribution in [2.75, 3.05) is 12.3 Å². The van der Waals surface area contributed by atoms with Gasteiger partial charge in [0.1, 0.15) is 11.6 Å². The van der Waals surface area contributed by atoms with E-state index in [0.29, 0.717) is 35.9 Å². The van der Waals surface area contributed by atoms with E-state index in [0.717, 1.165) is 11.3 Å². The molecule has 156 valence electrons. The van der Waals surface area contributed by atoms with E-state index in [2.05, 4.69) is 15.5 Å². The standard InChI is InChI=1S/C22H23FN4O2S/c1-15-5-7-17(8-6-15)20(29)14-30-22-26-25-21(4-3-13-24-16(2)28)27(22)19-11-9-18(23)10-12-19/h5-12H,3-4,13-14H2,1-2H3,(H,24,28). The van der Waals surface area contributed by atoms with Crippen molar-refractivity contribution >= 4 is 23.5 Å². The quantitative estimate of drug-likeness (QED) is 0.320. The van der Waals surface area contributed by atoms with Crippen molar-refractivity contribution in [3.8, 4) is 5.69 Å². The van der Waals surface area contributed by atoms with Gasteiger partial charge in [0.2, 0.25) is 5.91 Å². The number of carbonyl (C=O) groups is 2. The molecule has 0 saturated heterocycles. The molecule has 1 heterocycles. The van der Waals surface area contributed by atoms with Gasteiger partial charge in [0.15, 0.2) is 10.9 Å². The van der Waals surface area contributed by atoms with Gasteiger partial charge in [0.25, 0.3) is 0 Å². The van der Waals surface area contributed by atoms with Gasteiger partial charge in [-0.25, -0.2) is 4.39 Å². The molecule has 3 aromatic rings. The molecule has 0 radical (unpaired) electrons. The molecule has 0 spiro atoms. The monoisotopic (exact) mass is 426 g/mol. The van der Waals surface area contributed by atoms with Crippen LogP contribution in [0, 0.1) is 12.7 Å². The van der Waals surface area contributed by atoms with E-state index in [1.807, 2.05) is 35.8 Å². The van der Waals surface area contributed by atoms with Crippen molar-refractivity contribution in [2.24, 2.45) is 0 Å². The molecule has 3 rings (SSSR count). The summed E-state index contributed by atoms with van der Waals surface area (Å²) in [4.78, 5) is 23.6. The molecule has 0 aliphatic carbocycles. The number of aryl methyl sites for hydroxylation is 2. The normalized spacial score (nSPS) is 10.8. The van der Waals surface area contributed by atoms with Crippen molar-refractivity contribution < 1.29 is 14.0 Å². The minimum Gasteiger partial charge on any atom is -0.356 e. The van der Waals surface area contributed by atoms with Gasteiger partial charge in [-0.15, -0.1) is 10.2 Å². The fourth-order valence-corrected chi connectivity index (χ4v) is 3.73. The van der Waals surface area contributed by atoms with Crippen LogP contribution in [0.15, 0.2) is 53.7 Å². The topological polar surface area (TPSA) is 76.9 Å². The van der Waals surface area contributed by atoms with E-state index in [9.17, 15) is 14.0 Å². The largest absolute Gasteiger partial charge is 0.356 e. The summed E-state index contributed by atoms with van der Waals surface area (Å²) >= 11 is 1.29. The zero-order valence-corrected chi connectivity index (χ0v) is 17.7. The number of benzene rings is 2. The first-order valence-corrected chi connectivity index (χ1v) is 10.6. The van der Waals surface area contributed by atoms with Crippen molar-refractivity contribution in [3.63, 3.8) is 0 Å². The van der Waals surface area contributed by atoms with Crippen LogP contribution in [-0.4, -0.2) is 38.8 Å². The third kappa shape index (κ3) is 5.76. The van der Waals surface area contributed by atoms with Crippen LogP contribution in [0.5, 0.6) is 0 Å². The van der Waals surface area contributed by atoms with Gasteiger partial charge in [-0.3, -0.25) is 14.2 Å². The van der Waals surface area contributed by atoms with Gasteiger partial charge < -0.3 is 5.32 Å². The highest BCUT2D eigenvalue weighted by Crippen LogP contribution is 2.24. The van der Waals surface area contributed by atoms with Crippen LogP contribution in [0.2, 0.25) is 0 Å². The van der Waals surface area contributed by atoms with Gasteiger partial charge in [-0.2, -0.15) is 0 Å². The molecular formula is C22H23FN4O2S. The molecule has 2 aromatic carbocycles. The zero-order valence-electron chi connectivity index (χ0n) is 16.9. The second kappa shape index (κ2) is 10.2. The molecular weight excluding hydrogens is 403 g/mol. The predicted molar refractivity (Wildman–Crippen MR) is 115 cm³/mol. The van der Waals surface area contributed by atoms with E-state index >= 15 is 0 Å². The van der Waals surface area contributed by atoms with E-state index in [4.69, 9.17) is 0 Å². The Hall–Kier alpha value is -3.00. The number of thioether (sulfide) groups is 1.